The summed E-state index contributed by atoms with van der Waals surface area (Å²) in [6.45, 7) is 4.35. The lowest BCUT2D eigenvalue weighted by Gasteiger charge is -2.18. The zero-order valence-electron chi connectivity index (χ0n) is 11.7. The lowest BCUT2D eigenvalue weighted by molar-refractivity contribution is -0.119. The van der Waals surface area contributed by atoms with Crippen molar-refractivity contribution in [2.75, 3.05) is 26.2 Å². The number of rotatable bonds is 9. The lowest BCUT2D eigenvalue weighted by atomic mass is 10.2. The molecule has 0 atom stereocenters. The summed E-state index contributed by atoms with van der Waals surface area (Å²) < 4.78 is 5.69. The fourth-order valence-electron chi connectivity index (χ4n) is 1.84. The van der Waals surface area contributed by atoms with E-state index in [1.54, 1.807) is 0 Å². The number of para-hydroxylation sites is 1. The second-order valence-electron chi connectivity index (χ2n) is 4.40. The molecule has 0 fully saturated rings. The molecule has 5 nitrogen and oxygen atoms in total. The molecule has 0 saturated heterocycles. The highest BCUT2D eigenvalue weighted by molar-refractivity contribution is 7.80. The molecule has 0 aliphatic rings. The highest BCUT2D eigenvalue weighted by Crippen LogP contribution is 2.17. The zero-order chi connectivity index (χ0) is 15.0. The topological polar surface area (TPSA) is 81.6 Å². The molecule has 20 heavy (non-hydrogen) atoms. The average molecular weight is 295 g/mol. The molecule has 1 aromatic carbocycles. The summed E-state index contributed by atoms with van der Waals surface area (Å²) in [7, 11) is 0. The Kier molecular flexibility index (Phi) is 6.97. The minimum Gasteiger partial charge on any atom is -0.493 e. The minimum atomic E-state index is -0.313. The zero-order valence-corrected chi connectivity index (χ0v) is 12.5. The van der Waals surface area contributed by atoms with Gasteiger partial charge in [0, 0.05) is 6.54 Å². The first kappa shape index (κ1) is 16.4. The van der Waals surface area contributed by atoms with Gasteiger partial charge in [0.25, 0.3) is 0 Å². The molecule has 0 spiro atoms. The third-order valence-corrected chi connectivity index (χ3v) is 3.08. The van der Waals surface area contributed by atoms with Gasteiger partial charge in [-0.15, -0.1) is 0 Å². The highest BCUT2D eigenvalue weighted by Gasteiger charge is 2.07. The third kappa shape index (κ3) is 5.54. The number of carbonyl (C=O) groups is 1. The van der Waals surface area contributed by atoms with Crippen LogP contribution in [0.4, 0.5) is 0 Å². The van der Waals surface area contributed by atoms with Gasteiger partial charge in [-0.1, -0.05) is 31.3 Å². The van der Waals surface area contributed by atoms with Crippen LogP contribution in [0, 0.1) is 0 Å². The molecule has 0 aliphatic carbocycles. The fraction of sp³-hybridized carbons (Fsp3) is 0.429. The van der Waals surface area contributed by atoms with Gasteiger partial charge >= 0.3 is 0 Å². The van der Waals surface area contributed by atoms with Gasteiger partial charge in [0.15, 0.2) is 0 Å². The molecule has 0 aliphatic heterocycles. The van der Waals surface area contributed by atoms with Crippen molar-refractivity contribution in [3.63, 3.8) is 0 Å². The van der Waals surface area contributed by atoms with E-state index in [4.69, 9.17) is 28.4 Å². The Morgan fingerprint density at radius 3 is 2.65 bits per heavy atom. The van der Waals surface area contributed by atoms with Crippen LogP contribution in [0.25, 0.3) is 0 Å². The molecule has 0 radical (unpaired) electrons. The first-order valence-corrected chi connectivity index (χ1v) is 6.97. The molecule has 0 heterocycles. The van der Waals surface area contributed by atoms with Crippen molar-refractivity contribution < 1.29 is 9.53 Å². The quantitative estimate of drug-likeness (QED) is 0.522. The number of nitrogens with zero attached hydrogens (tertiary/aromatic N) is 1. The molecule has 0 saturated carbocycles. The van der Waals surface area contributed by atoms with Crippen molar-refractivity contribution in [2.24, 2.45) is 11.5 Å². The maximum atomic E-state index is 10.9. The van der Waals surface area contributed by atoms with Gasteiger partial charge in [0.05, 0.1) is 18.7 Å². The third-order valence-electron chi connectivity index (χ3n) is 2.86. The van der Waals surface area contributed by atoms with Crippen molar-refractivity contribution in [3.05, 3.63) is 29.8 Å². The van der Waals surface area contributed by atoms with Crippen LogP contribution in [0.3, 0.4) is 0 Å². The van der Waals surface area contributed by atoms with Crippen molar-refractivity contribution >= 4 is 23.1 Å². The molecule has 1 aromatic rings. The summed E-state index contributed by atoms with van der Waals surface area (Å²) in [5.41, 5.74) is 11.6. The monoisotopic (exact) mass is 295 g/mol. The summed E-state index contributed by atoms with van der Waals surface area (Å²) in [6.07, 6.45) is 0.798. The van der Waals surface area contributed by atoms with Gasteiger partial charge < -0.3 is 16.2 Å². The largest absolute Gasteiger partial charge is 0.493 e. The highest BCUT2D eigenvalue weighted by atomic mass is 32.1. The van der Waals surface area contributed by atoms with Crippen molar-refractivity contribution in [1.29, 1.82) is 0 Å². The number of ether oxygens (including phenoxy) is 1. The smallest absolute Gasteiger partial charge is 0.231 e. The Labute approximate surface area is 124 Å². The van der Waals surface area contributed by atoms with Crippen LogP contribution in [0.1, 0.15) is 18.9 Å². The van der Waals surface area contributed by atoms with Crippen LogP contribution in [-0.4, -0.2) is 42.0 Å². The predicted molar refractivity (Wildman–Crippen MR) is 83.7 cm³/mol. The minimum absolute atomic E-state index is 0.278. The van der Waals surface area contributed by atoms with E-state index >= 15 is 0 Å². The summed E-state index contributed by atoms with van der Waals surface area (Å²) in [4.78, 5) is 13.2. The average Bonchev–Trinajstić information content (AvgIpc) is 2.42. The number of hydrogen-bond donors (Lipinski definition) is 2. The fourth-order valence-corrected chi connectivity index (χ4v) is 2.00. The molecular weight excluding hydrogens is 274 g/mol. The van der Waals surface area contributed by atoms with E-state index in [0.29, 0.717) is 17.3 Å². The summed E-state index contributed by atoms with van der Waals surface area (Å²) in [5, 5.41) is 0. The molecule has 6 heteroatoms. The summed E-state index contributed by atoms with van der Waals surface area (Å²) >= 11 is 4.97. The standard InChI is InChI=1S/C14H21N3O2S/c1-2-17(10-13(15)18)8-5-9-19-12-7-4-3-6-11(12)14(16)20/h3-4,6-7H,2,5,8-10H2,1H3,(H2,15,18)(H2,16,20). The molecule has 0 aromatic heterocycles. The molecule has 1 amide bonds. The number of benzene rings is 1. The predicted octanol–water partition coefficient (Wildman–Crippen LogP) is 0.897. The Morgan fingerprint density at radius 1 is 1.35 bits per heavy atom. The van der Waals surface area contributed by atoms with E-state index in [1.165, 1.54) is 0 Å². The van der Waals surface area contributed by atoms with Crippen LogP contribution in [0.5, 0.6) is 5.75 Å². The van der Waals surface area contributed by atoms with Crippen LogP contribution in [0.15, 0.2) is 24.3 Å². The van der Waals surface area contributed by atoms with Gasteiger partial charge in [-0.05, 0) is 25.1 Å². The number of nitrogens with two attached hydrogens (primary N) is 2. The van der Waals surface area contributed by atoms with Crippen LogP contribution in [-0.2, 0) is 4.79 Å². The van der Waals surface area contributed by atoms with E-state index in [1.807, 2.05) is 36.1 Å². The first-order valence-electron chi connectivity index (χ1n) is 6.57. The molecule has 0 bridgehead atoms. The van der Waals surface area contributed by atoms with Crippen LogP contribution in [0.2, 0.25) is 0 Å². The van der Waals surface area contributed by atoms with Gasteiger partial charge in [0.1, 0.15) is 10.7 Å². The number of primary amides is 1. The van der Waals surface area contributed by atoms with Crippen molar-refractivity contribution in [2.45, 2.75) is 13.3 Å². The molecular formula is C14H21N3O2S. The van der Waals surface area contributed by atoms with Gasteiger partial charge in [0.2, 0.25) is 5.91 Å². The van der Waals surface area contributed by atoms with Crippen LogP contribution < -0.4 is 16.2 Å². The van der Waals surface area contributed by atoms with Crippen molar-refractivity contribution in [1.82, 2.24) is 4.90 Å². The number of hydrogen-bond acceptors (Lipinski definition) is 4. The normalized spacial score (nSPS) is 10.5. The van der Waals surface area contributed by atoms with Gasteiger partial charge in [-0.2, -0.15) is 0 Å². The van der Waals surface area contributed by atoms with Gasteiger partial charge in [-0.25, -0.2) is 0 Å². The Morgan fingerprint density at radius 2 is 2.05 bits per heavy atom. The molecule has 110 valence electrons. The number of carbonyl (C=O) groups excluding carboxylic acids is 1. The maximum absolute atomic E-state index is 10.9. The summed E-state index contributed by atoms with van der Waals surface area (Å²) in [5.74, 6) is 0.379. The first-order chi connectivity index (χ1) is 9.54. The second kappa shape index (κ2) is 8.50. The van der Waals surface area contributed by atoms with E-state index in [-0.39, 0.29) is 12.5 Å². The number of thiocarbonyl (C=S) groups is 1. The SMILES string of the molecule is CCN(CCCOc1ccccc1C(N)=S)CC(N)=O. The second-order valence-corrected chi connectivity index (χ2v) is 4.84. The Balaban J connectivity index is 2.41. The molecule has 4 N–H and O–H groups in total. The molecule has 1 rings (SSSR count). The Bertz CT molecular complexity index is 465. The van der Waals surface area contributed by atoms with Gasteiger partial charge in [-0.3, -0.25) is 9.69 Å². The van der Waals surface area contributed by atoms with Crippen LogP contribution >= 0.6 is 12.2 Å². The van der Waals surface area contributed by atoms with E-state index < -0.39 is 0 Å². The van der Waals surface area contributed by atoms with E-state index in [9.17, 15) is 4.79 Å². The molecule has 0 unspecified atom stereocenters. The number of amides is 1. The maximum Gasteiger partial charge on any atom is 0.231 e. The Hall–Kier alpha value is -1.66. The lowest BCUT2D eigenvalue weighted by Crippen LogP contribution is -2.34. The van der Waals surface area contributed by atoms with Crippen molar-refractivity contribution in [3.8, 4) is 5.75 Å². The number of likely N-dealkylation sites (N-methyl/N-ethyl adjacent to an activating group) is 1. The van der Waals surface area contributed by atoms with E-state index in [2.05, 4.69) is 0 Å². The summed E-state index contributed by atoms with van der Waals surface area (Å²) in [6, 6.07) is 7.42. The van der Waals surface area contributed by atoms with E-state index in [0.717, 1.165) is 25.1 Å².